The van der Waals surface area contributed by atoms with E-state index in [-0.39, 0.29) is 5.82 Å². The summed E-state index contributed by atoms with van der Waals surface area (Å²) in [6.07, 6.45) is 0. The van der Waals surface area contributed by atoms with Crippen LogP contribution in [0.25, 0.3) is 0 Å². The fraction of sp³-hybridized carbons (Fsp3) is 0.143. The summed E-state index contributed by atoms with van der Waals surface area (Å²) in [4.78, 5) is 0. The summed E-state index contributed by atoms with van der Waals surface area (Å²) in [6.45, 7) is 0.345. The van der Waals surface area contributed by atoms with E-state index in [0.29, 0.717) is 17.1 Å². The molecule has 0 heterocycles. The van der Waals surface area contributed by atoms with E-state index in [1.807, 2.05) is 24.3 Å². The van der Waals surface area contributed by atoms with Gasteiger partial charge in [0.15, 0.2) is 0 Å². The SMILES string of the molecule is COc1ccc(NCc2c(F)cccc2Cl)cc1. The van der Waals surface area contributed by atoms with Crippen LogP contribution in [0.4, 0.5) is 10.1 Å². The number of anilines is 1. The van der Waals surface area contributed by atoms with E-state index in [9.17, 15) is 4.39 Å². The number of halogens is 2. The molecule has 4 heteroatoms. The average Bonchev–Trinajstić information content (AvgIpc) is 2.39. The van der Waals surface area contributed by atoms with Crippen LogP contribution < -0.4 is 10.1 Å². The molecule has 0 saturated carbocycles. The van der Waals surface area contributed by atoms with Crippen LogP contribution >= 0.6 is 11.6 Å². The molecule has 0 aliphatic rings. The highest BCUT2D eigenvalue weighted by Crippen LogP contribution is 2.21. The lowest BCUT2D eigenvalue weighted by atomic mass is 10.2. The summed E-state index contributed by atoms with van der Waals surface area (Å²) in [5, 5.41) is 3.54. The van der Waals surface area contributed by atoms with Gasteiger partial charge in [-0.1, -0.05) is 17.7 Å². The van der Waals surface area contributed by atoms with E-state index < -0.39 is 0 Å². The summed E-state index contributed by atoms with van der Waals surface area (Å²) in [5.74, 6) is 0.480. The second-order valence-corrected chi connectivity index (χ2v) is 4.19. The molecule has 0 aliphatic carbocycles. The van der Waals surface area contributed by atoms with Gasteiger partial charge in [0.2, 0.25) is 0 Å². The Bertz CT molecular complexity index is 508. The first-order valence-corrected chi connectivity index (χ1v) is 5.89. The van der Waals surface area contributed by atoms with Gasteiger partial charge in [0.1, 0.15) is 11.6 Å². The Morgan fingerprint density at radius 3 is 2.50 bits per heavy atom. The highest BCUT2D eigenvalue weighted by molar-refractivity contribution is 6.31. The van der Waals surface area contributed by atoms with Crippen LogP contribution in [0.5, 0.6) is 5.75 Å². The first-order chi connectivity index (χ1) is 8.70. The fourth-order valence-corrected chi connectivity index (χ4v) is 1.83. The third-order valence-corrected chi connectivity index (χ3v) is 2.98. The zero-order chi connectivity index (χ0) is 13.0. The monoisotopic (exact) mass is 265 g/mol. The van der Waals surface area contributed by atoms with Gasteiger partial charge in [0.25, 0.3) is 0 Å². The van der Waals surface area contributed by atoms with Gasteiger partial charge in [-0.15, -0.1) is 0 Å². The number of hydrogen-bond donors (Lipinski definition) is 1. The quantitative estimate of drug-likeness (QED) is 0.899. The van der Waals surface area contributed by atoms with E-state index in [4.69, 9.17) is 16.3 Å². The van der Waals surface area contributed by atoms with Crippen LogP contribution in [-0.2, 0) is 6.54 Å². The Kier molecular flexibility index (Phi) is 4.05. The second-order valence-electron chi connectivity index (χ2n) is 3.78. The Morgan fingerprint density at radius 2 is 1.89 bits per heavy atom. The minimum absolute atomic E-state index is 0.302. The van der Waals surface area contributed by atoms with Crippen molar-refractivity contribution >= 4 is 17.3 Å². The smallest absolute Gasteiger partial charge is 0.129 e. The fourth-order valence-electron chi connectivity index (χ4n) is 1.60. The van der Waals surface area contributed by atoms with Crippen molar-refractivity contribution in [2.24, 2.45) is 0 Å². The summed E-state index contributed by atoms with van der Waals surface area (Å²) >= 11 is 5.94. The van der Waals surface area contributed by atoms with Crippen molar-refractivity contribution in [1.82, 2.24) is 0 Å². The van der Waals surface area contributed by atoms with Crippen molar-refractivity contribution in [2.75, 3.05) is 12.4 Å². The number of methoxy groups -OCH3 is 1. The van der Waals surface area contributed by atoms with Crippen molar-refractivity contribution in [1.29, 1.82) is 0 Å². The molecule has 0 saturated heterocycles. The zero-order valence-corrected chi connectivity index (χ0v) is 10.7. The molecule has 94 valence electrons. The molecule has 0 unspecified atom stereocenters. The van der Waals surface area contributed by atoms with Gasteiger partial charge in [0.05, 0.1) is 7.11 Å². The predicted octanol–water partition coefficient (Wildman–Crippen LogP) is 4.10. The van der Waals surface area contributed by atoms with Gasteiger partial charge >= 0.3 is 0 Å². The topological polar surface area (TPSA) is 21.3 Å². The molecule has 2 rings (SSSR count). The lowest BCUT2D eigenvalue weighted by Gasteiger charge is -2.09. The van der Waals surface area contributed by atoms with Crippen LogP contribution in [0.15, 0.2) is 42.5 Å². The summed E-state index contributed by atoms with van der Waals surface area (Å²) in [5.41, 5.74) is 1.35. The van der Waals surface area contributed by atoms with Crippen molar-refractivity contribution in [3.05, 3.63) is 58.9 Å². The molecule has 18 heavy (non-hydrogen) atoms. The van der Waals surface area contributed by atoms with Crippen LogP contribution in [0, 0.1) is 5.82 Å². The molecule has 0 aromatic heterocycles. The third kappa shape index (κ3) is 2.93. The van der Waals surface area contributed by atoms with Gasteiger partial charge < -0.3 is 10.1 Å². The molecule has 0 aliphatic heterocycles. The molecule has 0 atom stereocenters. The Labute approximate surface area is 110 Å². The summed E-state index contributed by atoms with van der Waals surface area (Å²) in [6, 6.07) is 12.1. The molecule has 1 N–H and O–H groups in total. The minimum Gasteiger partial charge on any atom is -0.497 e. The number of rotatable bonds is 4. The molecule has 0 spiro atoms. The van der Waals surface area contributed by atoms with Crippen molar-refractivity contribution in [3.8, 4) is 5.75 Å². The van der Waals surface area contributed by atoms with E-state index in [1.54, 1.807) is 19.2 Å². The van der Waals surface area contributed by atoms with E-state index in [0.717, 1.165) is 11.4 Å². The van der Waals surface area contributed by atoms with Crippen molar-refractivity contribution in [2.45, 2.75) is 6.54 Å². The molecule has 0 amide bonds. The van der Waals surface area contributed by atoms with Crippen LogP contribution in [-0.4, -0.2) is 7.11 Å². The maximum absolute atomic E-state index is 13.5. The minimum atomic E-state index is -0.302. The Morgan fingerprint density at radius 1 is 1.17 bits per heavy atom. The molecule has 0 fully saturated rings. The number of nitrogens with one attached hydrogen (secondary N) is 1. The Balaban J connectivity index is 2.06. The van der Waals surface area contributed by atoms with E-state index >= 15 is 0 Å². The lowest BCUT2D eigenvalue weighted by Crippen LogP contribution is -2.02. The highest BCUT2D eigenvalue weighted by Gasteiger charge is 2.06. The van der Waals surface area contributed by atoms with Crippen LogP contribution in [0.1, 0.15) is 5.56 Å². The number of ether oxygens (including phenoxy) is 1. The average molecular weight is 266 g/mol. The van der Waals surface area contributed by atoms with Gasteiger partial charge in [0, 0.05) is 22.8 Å². The van der Waals surface area contributed by atoms with Crippen LogP contribution in [0.2, 0.25) is 5.02 Å². The summed E-state index contributed by atoms with van der Waals surface area (Å²) < 4.78 is 18.6. The number of benzene rings is 2. The molecule has 0 radical (unpaired) electrons. The Hall–Kier alpha value is -1.74. The van der Waals surface area contributed by atoms with E-state index in [1.165, 1.54) is 6.07 Å². The maximum atomic E-state index is 13.5. The van der Waals surface area contributed by atoms with Crippen molar-refractivity contribution < 1.29 is 9.13 Å². The third-order valence-electron chi connectivity index (χ3n) is 2.62. The standard InChI is InChI=1S/C14H13ClFNO/c1-18-11-7-5-10(6-8-11)17-9-12-13(15)3-2-4-14(12)16/h2-8,17H,9H2,1H3. The zero-order valence-electron chi connectivity index (χ0n) is 9.91. The van der Waals surface area contributed by atoms with Crippen molar-refractivity contribution in [3.63, 3.8) is 0 Å². The maximum Gasteiger partial charge on any atom is 0.129 e. The summed E-state index contributed by atoms with van der Waals surface area (Å²) in [7, 11) is 1.61. The van der Waals surface area contributed by atoms with Gasteiger partial charge in [-0.3, -0.25) is 0 Å². The molecular formula is C14H13ClFNO. The molecular weight excluding hydrogens is 253 g/mol. The van der Waals surface area contributed by atoms with Gasteiger partial charge in [-0.2, -0.15) is 0 Å². The predicted molar refractivity (Wildman–Crippen MR) is 71.7 cm³/mol. The van der Waals surface area contributed by atoms with E-state index in [2.05, 4.69) is 5.32 Å². The first kappa shape index (κ1) is 12.7. The molecule has 2 nitrogen and oxygen atoms in total. The largest absolute Gasteiger partial charge is 0.497 e. The number of hydrogen-bond acceptors (Lipinski definition) is 2. The molecule has 0 bridgehead atoms. The molecule has 2 aromatic rings. The van der Waals surface area contributed by atoms with Crippen LogP contribution in [0.3, 0.4) is 0 Å². The van der Waals surface area contributed by atoms with Gasteiger partial charge in [-0.05, 0) is 36.4 Å². The molecule has 2 aromatic carbocycles. The second kappa shape index (κ2) is 5.74. The first-order valence-electron chi connectivity index (χ1n) is 5.51. The van der Waals surface area contributed by atoms with Gasteiger partial charge in [-0.25, -0.2) is 4.39 Å². The normalized spacial score (nSPS) is 10.2. The highest BCUT2D eigenvalue weighted by atomic mass is 35.5. The lowest BCUT2D eigenvalue weighted by molar-refractivity contribution is 0.415.